The molecule has 0 fully saturated rings. The van der Waals surface area contributed by atoms with Gasteiger partial charge in [0, 0.05) is 11.6 Å². The number of benzene rings is 3. The maximum Gasteiger partial charge on any atom is 0.321 e. The largest absolute Gasteiger partial charge is 0.497 e. The molecule has 148 valence electrons. The molecule has 0 saturated heterocycles. The lowest BCUT2D eigenvalue weighted by molar-refractivity contribution is -0.387. The number of esters is 1. The summed E-state index contributed by atoms with van der Waals surface area (Å²) in [5.74, 6) is -0.437. The Kier molecular flexibility index (Phi) is 5.99. The Labute approximate surface area is 169 Å². The van der Waals surface area contributed by atoms with Gasteiger partial charge in [0.05, 0.1) is 22.7 Å². The number of hydrogen-bond acceptors (Lipinski definition) is 7. The zero-order chi connectivity index (χ0) is 21.0. The van der Waals surface area contributed by atoms with Gasteiger partial charge in [-0.2, -0.15) is 0 Å². The number of ether oxygens (including phenoxy) is 2. The molecule has 3 aromatic rings. The van der Waals surface area contributed by atoms with E-state index < -0.39 is 16.8 Å². The van der Waals surface area contributed by atoms with Crippen molar-refractivity contribution in [1.29, 1.82) is 0 Å². The normalized spacial score (nSPS) is 10.5. The predicted octanol–water partition coefficient (Wildman–Crippen LogP) is 3.55. The van der Waals surface area contributed by atoms with Gasteiger partial charge >= 0.3 is 5.97 Å². The van der Waals surface area contributed by atoms with Crippen molar-refractivity contribution >= 4 is 40.1 Å². The second kappa shape index (κ2) is 8.61. The molecule has 3 rings (SSSR count). The Bertz CT molecular complexity index is 1120. The van der Waals surface area contributed by atoms with Gasteiger partial charge in [0.1, 0.15) is 11.5 Å². The fourth-order valence-corrected chi connectivity index (χ4v) is 3.40. The fraction of sp³-hybridized carbons (Fsp3) is 0.100. The fourth-order valence-electron chi connectivity index (χ4n) is 2.63. The molecule has 8 nitrogen and oxygen atoms in total. The summed E-state index contributed by atoms with van der Waals surface area (Å²) in [6.45, 7) is 0. The number of amides is 1. The van der Waals surface area contributed by atoms with E-state index in [4.69, 9.17) is 15.2 Å². The van der Waals surface area contributed by atoms with Crippen LogP contribution in [0.5, 0.6) is 11.5 Å². The van der Waals surface area contributed by atoms with E-state index in [1.807, 2.05) is 24.3 Å². The summed E-state index contributed by atoms with van der Waals surface area (Å²) in [6.07, 6.45) is 0. The summed E-state index contributed by atoms with van der Waals surface area (Å²) in [6, 6.07) is 14.6. The van der Waals surface area contributed by atoms with Gasteiger partial charge in [0.15, 0.2) is 0 Å². The topological polar surface area (TPSA) is 122 Å². The molecule has 29 heavy (non-hydrogen) atoms. The summed E-state index contributed by atoms with van der Waals surface area (Å²) >= 11 is 0.945. The molecule has 3 aromatic carbocycles. The molecule has 0 heterocycles. The van der Waals surface area contributed by atoms with Crippen LogP contribution in [0, 0.1) is 10.1 Å². The van der Waals surface area contributed by atoms with Crippen LogP contribution in [0.3, 0.4) is 0 Å². The van der Waals surface area contributed by atoms with E-state index in [1.54, 1.807) is 19.2 Å². The second-order valence-electron chi connectivity index (χ2n) is 5.94. The Morgan fingerprint density at radius 2 is 1.72 bits per heavy atom. The third-order valence-corrected chi connectivity index (χ3v) is 5.07. The first-order chi connectivity index (χ1) is 13.9. The van der Waals surface area contributed by atoms with Crippen molar-refractivity contribution in [3.8, 4) is 11.5 Å². The highest BCUT2D eigenvalue weighted by Gasteiger charge is 2.18. The maximum absolute atomic E-state index is 12.2. The first-order valence-corrected chi connectivity index (χ1v) is 9.35. The van der Waals surface area contributed by atoms with Gasteiger partial charge in [-0.05, 0) is 47.2 Å². The average molecular weight is 412 g/mol. The lowest BCUT2D eigenvalue weighted by atomic mass is 10.1. The third kappa shape index (κ3) is 4.82. The van der Waals surface area contributed by atoms with Gasteiger partial charge in [-0.1, -0.05) is 12.1 Å². The van der Waals surface area contributed by atoms with Gasteiger partial charge in [0.2, 0.25) is 5.91 Å². The molecule has 0 aliphatic carbocycles. The van der Waals surface area contributed by atoms with Crippen molar-refractivity contribution in [1.82, 2.24) is 0 Å². The lowest BCUT2D eigenvalue weighted by Crippen LogP contribution is -2.12. The lowest BCUT2D eigenvalue weighted by Gasteiger charge is -2.07. The highest BCUT2D eigenvalue weighted by Crippen LogP contribution is 2.31. The first-order valence-electron chi connectivity index (χ1n) is 8.37. The van der Waals surface area contributed by atoms with Crippen molar-refractivity contribution < 1.29 is 24.0 Å². The second-order valence-corrected chi connectivity index (χ2v) is 6.96. The molecular weight excluding hydrogens is 396 g/mol. The van der Waals surface area contributed by atoms with Crippen molar-refractivity contribution in [2.45, 2.75) is 4.90 Å². The summed E-state index contributed by atoms with van der Waals surface area (Å²) in [5, 5.41) is 13.0. The van der Waals surface area contributed by atoms with Crippen molar-refractivity contribution in [3.05, 3.63) is 70.3 Å². The number of nitro groups is 1. The number of fused-ring (bicyclic) bond motifs is 1. The Balaban J connectivity index is 1.71. The van der Waals surface area contributed by atoms with E-state index in [2.05, 4.69) is 0 Å². The van der Waals surface area contributed by atoms with Gasteiger partial charge in [-0.3, -0.25) is 19.7 Å². The zero-order valence-electron chi connectivity index (χ0n) is 15.3. The number of nitro benzene ring substituents is 1. The molecule has 0 saturated carbocycles. The number of nitrogens with zero attached hydrogens (tertiary/aromatic N) is 1. The molecule has 0 unspecified atom stereocenters. The number of methoxy groups -OCH3 is 1. The van der Waals surface area contributed by atoms with Gasteiger partial charge in [0.25, 0.3) is 5.69 Å². The van der Waals surface area contributed by atoms with Crippen molar-refractivity contribution in [2.75, 3.05) is 12.9 Å². The number of rotatable bonds is 7. The molecule has 0 aromatic heterocycles. The van der Waals surface area contributed by atoms with Crippen LogP contribution in [-0.4, -0.2) is 29.7 Å². The van der Waals surface area contributed by atoms with Crippen LogP contribution in [0.2, 0.25) is 0 Å². The van der Waals surface area contributed by atoms with E-state index in [1.165, 1.54) is 12.1 Å². The van der Waals surface area contributed by atoms with E-state index in [-0.39, 0.29) is 21.9 Å². The van der Waals surface area contributed by atoms with Crippen LogP contribution >= 0.6 is 11.8 Å². The minimum Gasteiger partial charge on any atom is -0.497 e. The molecule has 0 atom stereocenters. The smallest absolute Gasteiger partial charge is 0.321 e. The Hall–Kier alpha value is -3.59. The summed E-state index contributed by atoms with van der Waals surface area (Å²) < 4.78 is 10.5. The number of primary amides is 1. The molecule has 0 spiro atoms. The van der Waals surface area contributed by atoms with Gasteiger partial charge in [-0.25, -0.2) is 0 Å². The van der Waals surface area contributed by atoms with Crippen molar-refractivity contribution in [3.63, 3.8) is 0 Å². The maximum atomic E-state index is 12.2. The summed E-state index contributed by atoms with van der Waals surface area (Å²) in [5.41, 5.74) is 4.88. The summed E-state index contributed by atoms with van der Waals surface area (Å²) in [7, 11) is 1.57. The number of carbonyl (C=O) groups is 2. The van der Waals surface area contributed by atoms with Crippen LogP contribution in [0.4, 0.5) is 5.69 Å². The van der Waals surface area contributed by atoms with E-state index >= 15 is 0 Å². The average Bonchev–Trinajstić information content (AvgIpc) is 2.71. The zero-order valence-corrected chi connectivity index (χ0v) is 16.1. The number of hydrogen-bond donors (Lipinski definition) is 1. The molecule has 0 aliphatic rings. The molecule has 2 N–H and O–H groups in total. The first kappa shape index (κ1) is 20.2. The van der Waals surface area contributed by atoms with Crippen LogP contribution in [0.25, 0.3) is 10.8 Å². The van der Waals surface area contributed by atoms with Crippen molar-refractivity contribution in [2.24, 2.45) is 5.73 Å². The molecule has 9 heteroatoms. The SMILES string of the molecule is COc1ccc2ccc(OC(=O)CSc3ccc(C(N)=O)cc3[N+](=O)[O-])cc2c1. The Morgan fingerprint density at radius 3 is 2.38 bits per heavy atom. The van der Waals surface area contributed by atoms with Crippen LogP contribution in [-0.2, 0) is 4.79 Å². The monoisotopic (exact) mass is 412 g/mol. The minimum atomic E-state index is -0.767. The van der Waals surface area contributed by atoms with Crippen LogP contribution in [0.15, 0.2) is 59.5 Å². The summed E-state index contributed by atoms with van der Waals surface area (Å²) in [4.78, 5) is 34.2. The van der Waals surface area contributed by atoms with E-state index in [9.17, 15) is 19.7 Å². The molecule has 0 aliphatic heterocycles. The number of carbonyl (C=O) groups excluding carboxylic acids is 2. The molecule has 0 radical (unpaired) electrons. The number of thioether (sulfide) groups is 1. The quantitative estimate of drug-likeness (QED) is 0.207. The molecule has 1 amide bonds. The highest BCUT2D eigenvalue weighted by atomic mass is 32.2. The highest BCUT2D eigenvalue weighted by molar-refractivity contribution is 8.00. The molecule has 0 bridgehead atoms. The standard InChI is InChI=1S/C20H16N2O6S/c1-27-15-5-2-12-3-6-16(9-14(12)8-15)28-19(23)11-29-18-7-4-13(20(21)24)10-17(18)22(25)26/h2-10H,11H2,1H3,(H2,21,24). The minimum absolute atomic E-state index is 0.0234. The van der Waals surface area contributed by atoms with Gasteiger partial charge < -0.3 is 15.2 Å². The van der Waals surface area contributed by atoms with Crippen LogP contribution < -0.4 is 15.2 Å². The number of nitrogens with two attached hydrogens (primary N) is 1. The third-order valence-electron chi connectivity index (χ3n) is 4.04. The van der Waals surface area contributed by atoms with E-state index in [0.717, 1.165) is 28.6 Å². The Morgan fingerprint density at radius 1 is 1.03 bits per heavy atom. The van der Waals surface area contributed by atoms with Gasteiger partial charge in [-0.15, -0.1) is 11.8 Å². The molecular formula is C20H16N2O6S. The predicted molar refractivity (Wildman–Crippen MR) is 108 cm³/mol. The van der Waals surface area contributed by atoms with Crippen LogP contribution in [0.1, 0.15) is 10.4 Å². The van der Waals surface area contributed by atoms with E-state index in [0.29, 0.717) is 11.5 Å².